The van der Waals surface area contributed by atoms with Crippen LogP contribution >= 0.6 is 0 Å². The van der Waals surface area contributed by atoms with Crippen LogP contribution < -0.4 is 64.6 Å². The van der Waals surface area contributed by atoms with Gasteiger partial charge in [-0.2, -0.15) is 13.9 Å². The molecule has 0 fully saturated rings. The number of hydrogen-bond donors (Lipinski definition) is 3. The van der Waals surface area contributed by atoms with Gasteiger partial charge in [0.05, 0.1) is 6.42 Å². The van der Waals surface area contributed by atoms with Crippen molar-refractivity contribution in [1.29, 1.82) is 0 Å². The summed E-state index contributed by atoms with van der Waals surface area (Å²) in [5.74, 6) is -2.85. The van der Waals surface area contributed by atoms with Gasteiger partial charge < -0.3 is 12.8 Å². The monoisotopic (exact) mass is 511 g/mol. The fourth-order valence-corrected chi connectivity index (χ4v) is 3.75. The van der Waals surface area contributed by atoms with Gasteiger partial charge in [-0.25, -0.2) is 4.79 Å². The third-order valence-corrected chi connectivity index (χ3v) is 6.02. The van der Waals surface area contributed by atoms with Gasteiger partial charge in [0, 0.05) is 6.54 Å². The molecule has 1 unspecified atom stereocenters. The molecule has 0 bridgehead atoms. The topological polar surface area (TPSA) is 130 Å². The smallest absolute Gasteiger partial charge is 1.00 e. The Morgan fingerprint density at radius 3 is 1.79 bits per heavy atom. The first-order valence-electron chi connectivity index (χ1n) is 11.6. The number of aliphatic carboxylic acids is 1. The first-order valence-corrected chi connectivity index (χ1v) is 13.1. The van der Waals surface area contributed by atoms with Crippen molar-refractivity contribution in [2.24, 2.45) is 0 Å². The molecule has 0 aromatic heterocycles. The third kappa shape index (κ3) is 25.4. The van der Waals surface area contributed by atoms with E-state index >= 15 is 0 Å². The Balaban J connectivity index is -0.000000750. The Labute approximate surface area is 247 Å². The molecule has 186 valence electrons. The molecule has 0 saturated heterocycles. The van der Waals surface area contributed by atoms with Gasteiger partial charge in [0.1, 0.15) is 0 Å². The van der Waals surface area contributed by atoms with Crippen molar-refractivity contribution in [3.63, 3.8) is 0 Å². The molecular formula is C22H43NNa2O7S. The maximum Gasteiger partial charge on any atom is 1.00 e. The summed E-state index contributed by atoms with van der Waals surface area (Å²) in [5, 5.41) is 6.49. The molecule has 0 amide bonds. The molecule has 0 aliphatic carbocycles. The van der Waals surface area contributed by atoms with Gasteiger partial charge in [-0.1, -0.05) is 76.9 Å². The number of unbranched alkanes of at least 4 members (excludes halogenated alkanes) is 12. The van der Waals surface area contributed by atoms with Gasteiger partial charge in [0.15, 0.2) is 5.25 Å². The summed E-state index contributed by atoms with van der Waals surface area (Å²) in [4.78, 5) is 26.8. The van der Waals surface area contributed by atoms with Gasteiger partial charge in [-0.3, -0.25) is 9.35 Å². The zero-order valence-corrected chi connectivity index (χ0v) is 25.7. The van der Waals surface area contributed by atoms with Crippen molar-refractivity contribution < 1.29 is 94.5 Å². The molecule has 3 N–H and O–H groups in total. The molecule has 0 rings (SSSR count). The van der Waals surface area contributed by atoms with Crippen molar-refractivity contribution in [3.05, 3.63) is 12.2 Å². The molecule has 0 radical (unpaired) electrons. The predicted molar refractivity (Wildman–Crippen MR) is 123 cm³/mol. The zero-order chi connectivity index (χ0) is 23.4. The molecule has 0 spiro atoms. The van der Waals surface area contributed by atoms with Gasteiger partial charge in [0.2, 0.25) is 0 Å². The Morgan fingerprint density at radius 1 is 0.879 bits per heavy atom. The quantitative estimate of drug-likeness (QED) is 0.0591. The van der Waals surface area contributed by atoms with E-state index in [0.717, 1.165) is 32.1 Å². The van der Waals surface area contributed by atoms with Crippen LogP contribution in [0.15, 0.2) is 12.2 Å². The van der Waals surface area contributed by atoms with Crippen molar-refractivity contribution in [3.8, 4) is 0 Å². The molecule has 0 heterocycles. The molecule has 0 aliphatic rings. The molecule has 0 aromatic rings. The summed E-state index contributed by atoms with van der Waals surface area (Å²) in [6.45, 7) is 2.57. The molecule has 0 saturated carbocycles. The maximum absolute atomic E-state index is 11.6. The second kappa shape index (κ2) is 25.6. The van der Waals surface area contributed by atoms with E-state index in [4.69, 9.17) is 9.66 Å². The van der Waals surface area contributed by atoms with E-state index in [1.807, 2.05) is 0 Å². The number of carbonyl (C=O) groups excluding carboxylic acids is 1. The Morgan fingerprint density at radius 2 is 1.33 bits per heavy atom. The standard InChI is InChI=1S/C22H41NO7S.2Na.2H/c1-2-3-4-5-6-7-8-9-10-11-12-13-14-15-16-17-18-23-30-22(26)20(19-21(24)25)31(27,28)29;;;;/h9-10,20,23H,2-8,11-19H2,1H3,(H,24,25)(H,27,28,29);;;;/q;2*+1;2*-1/b10-9-;;;;. The van der Waals surface area contributed by atoms with E-state index in [2.05, 4.69) is 29.4 Å². The first kappa shape index (κ1) is 38.1. The van der Waals surface area contributed by atoms with Crippen LogP contribution in [0.2, 0.25) is 0 Å². The first-order chi connectivity index (χ1) is 14.8. The van der Waals surface area contributed by atoms with Crippen molar-refractivity contribution >= 4 is 22.1 Å². The Bertz CT molecular complexity index is 627. The molecular weight excluding hydrogens is 468 g/mol. The van der Waals surface area contributed by atoms with E-state index in [1.54, 1.807) is 0 Å². The molecule has 0 aromatic carbocycles. The second-order valence-electron chi connectivity index (χ2n) is 7.85. The second-order valence-corrected chi connectivity index (χ2v) is 9.45. The molecule has 33 heavy (non-hydrogen) atoms. The molecule has 0 aliphatic heterocycles. The summed E-state index contributed by atoms with van der Waals surface area (Å²) in [5.41, 5.74) is 2.33. The largest absolute Gasteiger partial charge is 1.00 e. The van der Waals surface area contributed by atoms with Crippen molar-refractivity contribution in [2.75, 3.05) is 6.54 Å². The molecule has 11 heteroatoms. The van der Waals surface area contributed by atoms with Gasteiger partial charge >= 0.3 is 71.1 Å². The summed E-state index contributed by atoms with van der Waals surface area (Å²) in [6, 6.07) is 0. The Kier molecular flexibility index (Phi) is 29.6. The van der Waals surface area contributed by atoms with Crippen LogP contribution in [-0.2, 0) is 24.5 Å². The third-order valence-electron chi connectivity index (χ3n) is 4.95. The van der Waals surface area contributed by atoms with Crippen LogP contribution in [0.5, 0.6) is 0 Å². The number of allylic oxidation sites excluding steroid dienone is 2. The normalized spacial score (nSPS) is 12.1. The summed E-state index contributed by atoms with van der Waals surface area (Å²) >= 11 is 0. The fraction of sp³-hybridized carbons (Fsp3) is 0.818. The molecule has 8 nitrogen and oxygen atoms in total. The van der Waals surface area contributed by atoms with Crippen LogP contribution in [0.1, 0.15) is 106 Å². The number of nitrogens with one attached hydrogen (secondary N) is 1. The van der Waals surface area contributed by atoms with Crippen LogP contribution in [-0.4, -0.2) is 41.8 Å². The van der Waals surface area contributed by atoms with Gasteiger partial charge in [0.25, 0.3) is 10.1 Å². The van der Waals surface area contributed by atoms with Crippen LogP contribution in [0.25, 0.3) is 0 Å². The van der Waals surface area contributed by atoms with Crippen molar-refractivity contribution in [2.45, 2.75) is 108 Å². The number of hydrogen-bond acceptors (Lipinski definition) is 6. The minimum Gasteiger partial charge on any atom is -1.00 e. The molecule has 1 atom stereocenters. The number of carbonyl (C=O) groups is 2. The number of hydroxylamine groups is 1. The van der Waals surface area contributed by atoms with Gasteiger partial charge in [-0.15, -0.1) is 0 Å². The van der Waals surface area contributed by atoms with Gasteiger partial charge in [-0.05, 0) is 32.1 Å². The van der Waals surface area contributed by atoms with E-state index in [9.17, 15) is 18.0 Å². The summed E-state index contributed by atoms with van der Waals surface area (Å²) in [7, 11) is -4.83. The van der Waals surface area contributed by atoms with Crippen LogP contribution in [0, 0.1) is 0 Å². The Hall–Kier alpha value is 0.550. The van der Waals surface area contributed by atoms with E-state index in [-0.39, 0.29) is 62.0 Å². The summed E-state index contributed by atoms with van der Waals surface area (Å²) in [6.07, 6.45) is 20.1. The van der Waals surface area contributed by atoms with Crippen LogP contribution in [0.3, 0.4) is 0 Å². The van der Waals surface area contributed by atoms with E-state index in [0.29, 0.717) is 6.54 Å². The zero-order valence-electron chi connectivity index (χ0n) is 22.9. The van der Waals surface area contributed by atoms with Crippen LogP contribution in [0.4, 0.5) is 0 Å². The average Bonchev–Trinajstić information content (AvgIpc) is 2.70. The minimum atomic E-state index is -4.83. The predicted octanol–water partition coefficient (Wildman–Crippen LogP) is -0.964. The number of carboxylic acid groups (broad SMARTS) is 1. The maximum atomic E-state index is 11.6. The fourth-order valence-electron chi connectivity index (χ4n) is 3.10. The summed E-state index contributed by atoms with van der Waals surface area (Å²) < 4.78 is 31.0. The SMILES string of the molecule is CCCCCCCC/C=C\CCCCCCCCNOC(=O)C(CC(=O)O)S(=O)(=O)O.[H-].[H-].[Na+].[Na+]. The minimum absolute atomic E-state index is 0. The number of rotatable bonds is 21. The number of carboxylic acids is 1. The van der Waals surface area contributed by atoms with Crippen molar-refractivity contribution in [1.82, 2.24) is 5.48 Å². The average molecular weight is 512 g/mol. The van der Waals surface area contributed by atoms with E-state index in [1.165, 1.54) is 57.8 Å². The van der Waals surface area contributed by atoms with E-state index < -0.39 is 33.7 Å².